The van der Waals surface area contributed by atoms with Crippen molar-refractivity contribution in [1.29, 1.82) is 0 Å². The first-order valence-corrected chi connectivity index (χ1v) is 7.24. The molecular weight excluding hydrogens is 288 g/mol. The Bertz CT molecular complexity index is 672. The summed E-state index contributed by atoms with van der Waals surface area (Å²) in [5.41, 5.74) is 2.13. The summed E-state index contributed by atoms with van der Waals surface area (Å²) in [4.78, 5) is 12.1. The van der Waals surface area contributed by atoms with E-state index in [1.807, 2.05) is 19.9 Å². The number of phenolic OH excluding ortho intramolecular Hbond substituents is 1. The van der Waals surface area contributed by atoms with Gasteiger partial charge in [-0.2, -0.15) is 0 Å². The monoisotopic (exact) mass is 310 g/mol. The predicted octanol–water partition coefficient (Wildman–Crippen LogP) is 4.77. The SMILES string of the molecule is C=C/C=C(C=C)/C=C/C(=O)c1ccc(OCC=C(C)C)cc1O. The number of allylic oxidation sites excluding steroid dienone is 7. The highest BCUT2D eigenvalue weighted by atomic mass is 16.5. The van der Waals surface area contributed by atoms with Crippen LogP contribution in [-0.2, 0) is 0 Å². The quantitative estimate of drug-likeness (QED) is 0.325. The Morgan fingerprint density at radius 1 is 1.26 bits per heavy atom. The zero-order chi connectivity index (χ0) is 17.2. The van der Waals surface area contributed by atoms with Gasteiger partial charge in [0.05, 0.1) is 5.56 Å². The van der Waals surface area contributed by atoms with Crippen molar-refractivity contribution in [2.45, 2.75) is 13.8 Å². The zero-order valence-corrected chi connectivity index (χ0v) is 13.6. The third kappa shape index (κ3) is 6.22. The highest BCUT2D eigenvalue weighted by molar-refractivity contribution is 6.06. The number of benzene rings is 1. The van der Waals surface area contributed by atoms with Gasteiger partial charge in [0.1, 0.15) is 18.1 Å². The maximum atomic E-state index is 12.1. The number of rotatable bonds is 8. The molecule has 0 aliphatic heterocycles. The lowest BCUT2D eigenvalue weighted by atomic mass is 10.1. The fourth-order valence-electron chi connectivity index (χ4n) is 1.70. The molecule has 1 N–H and O–H groups in total. The van der Waals surface area contributed by atoms with Crippen molar-refractivity contribution >= 4 is 5.78 Å². The first-order valence-electron chi connectivity index (χ1n) is 7.24. The van der Waals surface area contributed by atoms with Gasteiger partial charge in [0, 0.05) is 6.07 Å². The first kappa shape index (κ1) is 18.2. The van der Waals surface area contributed by atoms with Crippen LogP contribution in [0.2, 0.25) is 0 Å². The van der Waals surface area contributed by atoms with Crippen LogP contribution in [0.5, 0.6) is 11.5 Å². The van der Waals surface area contributed by atoms with Crippen molar-refractivity contribution in [3.05, 3.63) is 84.5 Å². The molecule has 0 aromatic heterocycles. The van der Waals surface area contributed by atoms with Gasteiger partial charge in [0.15, 0.2) is 5.78 Å². The summed E-state index contributed by atoms with van der Waals surface area (Å²) in [6.45, 7) is 11.6. The van der Waals surface area contributed by atoms with Crippen LogP contribution in [0.3, 0.4) is 0 Å². The molecule has 1 aromatic carbocycles. The van der Waals surface area contributed by atoms with Crippen molar-refractivity contribution in [3.63, 3.8) is 0 Å². The second-order valence-corrected chi connectivity index (χ2v) is 5.08. The Morgan fingerprint density at radius 3 is 2.57 bits per heavy atom. The van der Waals surface area contributed by atoms with Crippen LogP contribution >= 0.6 is 0 Å². The van der Waals surface area contributed by atoms with E-state index in [9.17, 15) is 9.90 Å². The van der Waals surface area contributed by atoms with Crippen molar-refractivity contribution in [2.24, 2.45) is 0 Å². The maximum absolute atomic E-state index is 12.1. The number of carbonyl (C=O) groups excluding carboxylic acids is 1. The lowest BCUT2D eigenvalue weighted by molar-refractivity contribution is 0.104. The standard InChI is InChI=1S/C20H22O3/c1-5-7-16(6-2)8-11-19(21)18-10-9-17(14-20(18)22)23-13-12-15(3)4/h5-12,14,22H,1-2,13H2,3-4H3/b11-8+,16-7+. The van der Waals surface area contributed by atoms with E-state index in [0.29, 0.717) is 12.4 Å². The molecule has 0 bridgehead atoms. The summed E-state index contributed by atoms with van der Waals surface area (Å²) in [5.74, 6) is 0.108. The molecule has 0 atom stereocenters. The van der Waals surface area contributed by atoms with Crippen LogP contribution in [-0.4, -0.2) is 17.5 Å². The summed E-state index contributed by atoms with van der Waals surface area (Å²) in [5, 5.41) is 9.99. The molecule has 3 nitrogen and oxygen atoms in total. The third-order valence-corrected chi connectivity index (χ3v) is 2.95. The molecule has 0 aliphatic rings. The number of phenols is 1. The molecule has 0 heterocycles. The van der Waals surface area contributed by atoms with Gasteiger partial charge < -0.3 is 9.84 Å². The molecule has 0 fully saturated rings. The van der Waals surface area contributed by atoms with Crippen molar-refractivity contribution in [2.75, 3.05) is 6.61 Å². The van der Waals surface area contributed by atoms with Crippen molar-refractivity contribution in [1.82, 2.24) is 0 Å². The first-order chi connectivity index (χ1) is 11.0. The summed E-state index contributed by atoms with van der Waals surface area (Å²) in [6, 6.07) is 4.65. The van der Waals surface area contributed by atoms with Crippen LogP contribution in [0.25, 0.3) is 0 Å². The van der Waals surface area contributed by atoms with Crippen molar-refractivity contribution < 1.29 is 14.6 Å². The Balaban J connectivity index is 2.85. The minimum atomic E-state index is -0.296. The molecule has 1 aromatic rings. The molecule has 23 heavy (non-hydrogen) atoms. The number of aromatic hydroxyl groups is 1. The molecule has 0 aliphatic carbocycles. The minimum Gasteiger partial charge on any atom is -0.507 e. The topological polar surface area (TPSA) is 46.5 Å². The molecule has 0 spiro atoms. The number of hydrogen-bond donors (Lipinski definition) is 1. The van der Waals surface area contributed by atoms with Gasteiger partial charge in [-0.25, -0.2) is 0 Å². The van der Waals surface area contributed by atoms with E-state index in [4.69, 9.17) is 4.74 Å². The second-order valence-electron chi connectivity index (χ2n) is 5.08. The number of ketones is 1. The van der Waals surface area contributed by atoms with Gasteiger partial charge in [0.2, 0.25) is 0 Å². The van der Waals surface area contributed by atoms with Crippen LogP contribution in [0, 0.1) is 0 Å². The molecular formula is C20H22O3. The van der Waals surface area contributed by atoms with Gasteiger partial charge in [-0.3, -0.25) is 4.79 Å². The second kappa shape index (κ2) is 9.26. The van der Waals surface area contributed by atoms with E-state index >= 15 is 0 Å². The smallest absolute Gasteiger partial charge is 0.189 e. The number of ether oxygens (including phenoxy) is 1. The Labute approximate surface area is 137 Å². The van der Waals surface area contributed by atoms with Crippen LogP contribution in [0.1, 0.15) is 24.2 Å². The fraction of sp³-hybridized carbons (Fsp3) is 0.150. The summed E-state index contributed by atoms with van der Waals surface area (Å²) >= 11 is 0. The van der Waals surface area contributed by atoms with Crippen molar-refractivity contribution in [3.8, 4) is 11.5 Å². The molecule has 120 valence electrons. The zero-order valence-electron chi connectivity index (χ0n) is 13.6. The minimum absolute atomic E-state index is 0.109. The van der Waals surface area contributed by atoms with E-state index in [0.717, 1.165) is 11.1 Å². The third-order valence-electron chi connectivity index (χ3n) is 2.95. The lowest BCUT2D eigenvalue weighted by Gasteiger charge is -2.06. The van der Waals surface area contributed by atoms with Crippen LogP contribution in [0.15, 0.2) is 79.0 Å². The van der Waals surface area contributed by atoms with Gasteiger partial charge >= 0.3 is 0 Å². The van der Waals surface area contributed by atoms with E-state index in [2.05, 4.69) is 13.2 Å². The highest BCUT2D eigenvalue weighted by Gasteiger charge is 2.09. The lowest BCUT2D eigenvalue weighted by Crippen LogP contribution is -1.98. The molecule has 0 unspecified atom stereocenters. The van der Waals surface area contributed by atoms with Gasteiger partial charge in [-0.1, -0.05) is 43.0 Å². The van der Waals surface area contributed by atoms with Crippen LogP contribution in [0.4, 0.5) is 0 Å². The Hall–Kier alpha value is -2.81. The predicted molar refractivity (Wildman–Crippen MR) is 95.0 cm³/mol. The molecule has 3 heteroatoms. The number of hydrogen-bond acceptors (Lipinski definition) is 3. The van der Waals surface area contributed by atoms with E-state index < -0.39 is 0 Å². The highest BCUT2D eigenvalue weighted by Crippen LogP contribution is 2.24. The number of carbonyl (C=O) groups is 1. The average molecular weight is 310 g/mol. The van der Waals surface area contributed by atoms with E-state index in [-0.39, 0.29) is 17.1 Å². The molecule has 1 rings (SSSR count). The van der Waals surface area contributed by atoms with E-state index in [1.165, 1.54) is 12.1 Å². The van der Waals surface area contributed by atoms with E-state index in [1.54, 1.807) is 36.4 Å². The Morgan fingerprint density at radius 2 is 2.00 bits per heavy atom. The average Bonchev–Trinajstić information content (AvgIpc) is 2.51. The van der Waals surface area contributed by atoms with Gasteiger partial charge in [0.25, 0.3) is 0 Å². The van der Waals surface area contributed by atoms with Crippen LogP contribution < -0.4 is 4.74 Å². The summed E-state index contributed by atoms with van der Waals surface area (Å²) in [7, 11) is 0. The molecule has 0 saturated heterocycles. The summed E-state index contributed by atoms with van der Waals surface area (Å²) in [6.07, 6.45) is 9.90. The molecule has 0 amide bonds. The largest absolute Gasteiger partial charge is 0.507 e. The normalized spacial score (nSPS) is 11.1. The van der Waals surface area contributed by atoms with Gasteiger partial charge in [-0.15, -0.1) is 0 Å². The van der Waals surface area contributed by atoms with Gasteiger partial charge in [-0.05, 0) is 43.7 Å². The molecule has 0 saturated carbocycles. The Kier molecular flexibility index (Phi) is 7.34. The summed E-state index contributed by atoms with van der Waals surface area (Å²) < 4.78 is 5.48. The maximum Gasteiger partial charge on any atom is 0.189 e. The fourth-order valence-corrected chi connectivity index (χ4v) is 1.70. The molecule has 0 radical (unpaired) electrons.